The molecule has 0 spiro atoms. The molecule has 3 rings (SSSR count). The Morgan fingerprint density at radius 2 is 1.70 bits per heavy atom. The molecule has 0 bridgehead atoms. The first-order valence-corrected chi connectivity index (χ1v) is 8.17. The van der Waals surface area contributed by atoms with Gasteiger partial charge in [-0.05, 0) is 34.1 Å². The van der Waals surface area contributed by atoms with Crippen LogP contribution in [0.25, 0.3) is 10.1 Å². The Morgan fingerprint density at radius 3 is 2.40 bits per heavy atom. The molecule has 0 fully saturated rings. The molecule has 100 valence electrons. The summed E-state index contributed by atoms with van der Waals surface area (Å²) in [4.78, 5) is 12.7. The number of carbonyl (C=O) groups is 1. The number of benzene rings is 2. The lowest BCUT2D eigenvalue weighted by Gasteiger charge is -2.05. The lowest BCUT2D eigenvalue weighted by molar-refractivity contribution is 0.104. The molecule has 5 heteroatoms. The largest absolute Gasteiger partial charge is 0.288 e. The number of halogens is 3. The van der Waals surface area contributed by atoms with Gasteiger partial charge in [-0.2, -0.15) is 0 Å². The van der Waals surface area contributed by atoms with Gasteiger partial charge in [-0.15, -0.1) is 11.3 Å². The molecule has 2 aromatic carbocycles. The van der Waals surface area contributed by atoms with Gasteiger partial charge in [0.05, 0.1) is 15.6 Å². The van der Waals surface area contributed by atoms with E-state index in [1.54, 1.807) is 18.2 Å². The van der Waals surface area contributed by atoms with E-state index in [0.717, 1.165) is 14.6 Å². The van der Waals surface area contributed by atoms with Crippen LogP contribution in [0.3, 0.4) is 0 Å². The average molecular weight is 386 g/mol. The lowest BCUT2D eigenvalue weighted by atomic mass is 10.0. The smallest absolute Gasteiger partial charge is 0.197 e. The van der Waals surface area contributed by atoms with Gasteiger partial charge in [0.1, 0.15) is 0 Å². The van der Waals surface area contributed by atoms with Crippen LogP contribution >= 0.6 is 50.5 Å². The Hall–Kier alpha value is -0.870. The van der Waals surface area contributed by atoms with Crippen molar-refractivity contribution in [1.29, 1.82) is 0 Å². The summed E-state index contributed by atoms with van der Waals surface area (Å²) in [5.41, 5.74) is 0.983. The molecule has 0 amide bonds. The number of rotatable bonds is 2. The molecule has 20 heavy (non-hydrogen) atoms. The van der Waals surface area contributed by atoms with Crippen LogP contribution < -0.4 is 0 Å². The summed E-state index contributed by atoms with van der Waals surface area (Å²) >= 11 is 17.2. The topological polar surface area (TPSA) is 17.1 Å². The Labute approximate surface area is 138 Å². The van der Waals surface area contributed by atoms with E-state index in [4.69, 9.17) is 23.2 Å². The maximum absolute atomic E-state index is 12.7. The van der Waals surface area contributed by atoms with E-state index in [2.05, 4.69) is 15.9 Å². The zero-order valence-electron chi connectivity index (χ0n) is 9.99. The third kappa shape index (κ3) is 2.29. The summed E-state index contributed by atoms with van der Waals surface area (Å²) in [6.45, 7) is 0. The highest BCUT2D eigenvalue weighted by molar-refractivity contribution is 9.10. The highest BCUT2D eigenvalue weighted by Gasteiger charge is 2.20. The van der Waals surface area contributed by atoms with E-state index in [-0.39, 0.29) is 5.78 Å². The maximum atomic E-state index is 12.7. The minimum absolute atomic E-state index is 0.148. The van der Waals surface area contributed by atoms with Crippen molar-refractivity contribution in [2.24, 2.45) is 0 Å². The molecule has 0 saturated carbocycles. The van der Waals surface area contributed by atoms with Gasteiger partial charge in [-0.25, -0.2) is 0 Å². The molecule has 0 aliphatic heterocycles. The molecule has 3 aromatic rings. The molecular formula is C15H7BrCl2OS. The monoisotopic (exact) mass is 384 g/mol. The van der Waals surface area contributed by atoms with Crippen molar-refractivity contribution in [2.75, 3.05) is 0 Å². The highest BCUT2D eigenvalue weighted by Crippen LogP contribution is 2.35. The number of hydrogen-bond acceptors (Lipinski definition) is 2. The van der Waals surface area contributed by atoms with E-state index in [9.17, 15) is 4.79 Å². The fraction of sp³-hybridized carbons (Fsp3) is 0. The first-order chi connectivity index (χ1) is 9.59. The van der Waals surface area contributed by atoms with Gasteiger partial charge in [0.15, 0.2) is 5.78 Å². The number of fused-ring (bicyclic) bond motifs is 1. The maximum Gasteiger partial charge on any atom is 0.197 e. The summed E-state index contributed by atoms with van der Waals surface area (Å²) in [5.74, 6) is -0.148. The molecular weight excluding hydrogens is 379 g/mol. The van der Waals surface area contributed by atoms with E-state index in [1.807, 2.05) is 23.6 Å². The van der Waals surface area contributed by atoms with Crippen molar-refractivity contribution in [1.82, 2.24) is 0 Å². The Bertz CT molecular complexity index is 806. The van der Waals surface area contributed by atoms with E-state index in [1.165, 1.54) is 11.3 Å². The molecule has 1 aromatic heterocycles. The van der Waals surface area contributed by atoms with Crippen LogP contribution in [0.1, 0.15) is 15.9 Å². The SMILES string of the molecule is O=C(c1c(Cl)cccc1Cl)c1csc2c(Br)cccc12. The zero-order chi connectivity index (χ0) is 14.3. The van der Waals surface area contributed by atoms with Crippen molar-refractivity contribution in [3.63, 3.8) is 0 Å². The van der Waals surface area contributed by atoms with Crippen molar-refractivity contribution in [3.8, 4) is 0 Å². The van der Waals surface area contributed by atoms with Gasteiger partial charge in [0, 0.05) is 25.5 Å². The van der Waals surface area contributed by atoms with Crippen LogP contribution in [-0.2, 0) is 0 Å². The molecule has 0 radical (unpaired) electrons. The van der Waals surface area contributed by atoms with Gasteiger partial charge in [-0.1, -0.05) is 41.4 Å². The highest BCUT2D eigenvalue weighted by atomic mass is 79.9. The third-order valence-electron chi connectivity index (χ3n) is 2.99. The normalized spacial score (nSPS) is 10.9. The van der Waals surface area contributed by atoms with Crippen LogP contribution in [-0.4, -0.2) is 5.78 Å². The summed E-state index contributed by atoms with van der Waals surface area (Å²) in [7, 11) is 0. The molecule has 1 heterocycles. The van der Waals surface area contributed by atoms with E-state index >= 15 is 0 Å². The standard InChI is InChI=1S/C15H7BrCl2OS/c16-10-4-1-3-8-9(7-20-15(8)10)14(19)13-11(17)5-2-6-12(13)18/h1-7H. The molecule has 0 aliphatic carbocycles. The Morgan fingerprint density at radius 1 is 1.05 bits per heavy atom. The summed E-state index contributed by atoms with van der Waals surface area (Å²) < 4.78 is 2.02. The van der Waals surface area contributed by atoms with Crippen LogP contribution in [0.4, 0.5) is 0 Å². The number of thiophene rings is 1. The number of ketones is 1. The van der Waals surface area contributed by atoms with Gasteiger partial charge in [0.25, 0.3) is 0 Å². The number of carbonyl (C=O) groups excluding carboxylic acids is 1. The molecule has 0 aliphatic rings. The molecule has 0 atom stereocenters. The van der Waals surface area contributed by atoms with Crippen molar-refractivity contribution in [3.05, 3.63) is 67.4 Å². The minimum atomic E-state index is -0.148. The molecule has 0 unspecified atom stereocenters. The molecule has 0 saturated heterocycles. The fourth-order valence-corrected chi connectivity index (χ4v) is 4.22. The first kappa shape index (κ1) is 14.1. The predicted octanol–water partition coefficient (Wildman–Crippen LogP) is 6.20. The fourth-order valence-electron chi connectivity index (χ4n) is 2.05. The summed E-state index contributed by atoms with van der Waals surface area (Å²) in [5, 5.41) is 3.50. The van der Waals surface area contributed by atoms with Crippen LogP contribution in [0, 0.1) is 0 Å². The minimum Gasteiger partial charge on any atom is -0.288 e. The van der Waals surface area contributed by atoms with Crippen LogP contribution in [0.15, 0.2) is 46.3 Å². The zero-order valence-corrected chi connectivity index (χ0v) is 13.9. The van der Waals surface area contributed by atoms with Gasteiger partial charge >= 0.3 is 0 Å². The first-order valence-electron chi connectivity index (χ1n) is 5.74. The lowest BCUT2D eigenvalue weighted by Crippen LogP contribution is -2.02. The van der Waals surface area contributed by atoms with Gasteiger partial charge < -0.3 is 0 Å². The van der Waals surface area contributed by atoms with Crippen molar-refractivity contribution in [2.45, 2.75) is 0 Å². The second-order valence-electron chi connectivity index (χ2n) is 4.19. The second kappa shape index (κ2) is 5.49. The third-order valence-corrected chi connectivity index (χ3v) is 5.57. The predicted molar refractivity (Wildman–Crippen MR) is 89.4 cm³/mol. The molecule has 1 nitrogen and oxygen atoms in total. The quantitative estimate of drug-likeness (QED) is 0.480. The second-order valence-corrected chi connectivity index (χ2v) is 6.74. The summed E-state index contributed by atoms with van der Waals surface area (Å²) in [6, 6.07) is 10.9. The molecule has 0 N–H and O–H groups in total. The Balaban J connectivity index is 2.21. The van der Waals surface area contributed by atoms with Crippen LogP contribution in [0.2, 0.25) is 10.0 Å². The van der Waals surface area contributed by atoms with E-state index in [0.29, 0.717) is 21.2 Å². The number of hydrogen-bond donors (Lipinski definition) is 0. The van der Waals surface area contributed by atoms with Crippen molar-refractivity contribution < 1.29 is 4.79 Å². The summed E-state index contributed by atoms with van der Waals surface area (Å²) in [6.07, 6.45) is 0. The van der Waals surface area contributed by atoms with Crippen LogP contribution in [0.5, 0.6) is 0 Å². The van der Waals surface area contributed by atoms with Crippen molar-refractivity contribution >= 4 is 66.3 Å². The Kier molecular flexibility index (Phi) is 3.87. The van der Waals surface area contributed by atoms with E-state index < -0.39 is 0 Å². The average Bonchev–Trinajstić information content (AvgIpc) is 2.83. The van der Waals surface area contributed by atoms with Gasteiger partial charge in [0.2, 0.25) is 0 Å². The van der Waals surface area contributed by atoms with Gasteiger partial charge in [-0.3, -0.25) is 4.79 Å².